The topological polar surface area (TPSA) is 98.7 Å². The molecule has 0 bridgehead atoms. The molecule has 0 spiro atoms. The molecule has 0 atom stereocenters. The van der Waals surface area contributed by atoms with Crippen molar-refractivity contribution >= 4 is 17.7 Å². The number of hydrogen-bond donors (Lipinski definition) is 0. The minimum atomic E-state index is -1.40. The first kappa shape index (κ1) is 19.3. The van der Waals surface area contributed by atoms with Crippen molar-refractivity contribution in [3.05, 3.63) is 18.2 Å². The number of carbonyl (C=O) groups is 2. The minimum Gasteiger partial charge on any atom is -0.542 e. The van der Waals surface area contributed by atoms with Crippen LogP contribution in [0.4, 0.5) is 10.5 Å². The molecule has 1 aromatic heterocycles. The first-order valence-corrected chi connectivity index (χ1v) is 7.02. The fourth-order valence-electron chi connectivity index (χ4n) is 2.06. The summed E-state index contributed by atoms with van der Waals surface area (Å²) in [6, 6.07) is 0. The van der Waals surface area contributed by atoms with E-state index in [1.165, 1.54) is 12.4 Å². The monoisotopic (exact) mass is 314 g/mol. The molecule has 1 aliphatic rings. The predicted molar refractivity (Wildman–Crippen MR) is 76.4 cm³/mol. The van der Waals surface area contributed by atoms with Crippen molar-refractivity contribution < 1.29 is 38.3 Å². The first-order chi connectivity index (χ1) is 10.3. The third-order valence-corrected chi connectivity index (χ3v) is 3.12. The van der Waals surface area contributed by atoms with E-state index in [0.717, 1.165) is 0 Å². The SMILES string of the molecule is CC(C)(C)OC(=O)N1CCN(c2cnc(C(=O)[O-])nc2)CC1.[Li+]. The molecule has 2 heterocycles. The average Bonchev–Trinajstić information content (AvgIpc) is 2.46. The van der Waals surface area contributed by atoms with E-state index < -0.39 is 11.6 Å². The van der Waals surface area contributed by atoms with Gasteiger partial charge < -0.3 is 24.4 Å². The molecule has 0 N–H and O–H groups in total. The molecule has 0 aromatic carbocycles. The number of aromatic carboxylic acids is 1. The summed E-state index contributed by atoms with van der Waals surface area (Å²) in [5, 5.41) is 10.6. The third-order valence-electron chi connectivity index (χ3n) is 3.12. The fraction of sp³-hybridized carbons (Fsp3) is 0.571. The van der Waals surface area contributed by atoms with Crippen molar-refractivity contribution in [1.29, 1.82) is 0 Å². The van der Waals surface area contributed by atoms with Crippen LogP contribution in [-0.4, -0.2) is 58.7 Å². The van der Waals surface area contributed by atoms with Gasteiger partial charge in [0.15, 0.2) is 5.82 Å². The van der Waals surface area contributed by atoms with Crippen molar-refractivity contribution in [2.45, 2.75) is 26.4 Å². The summed E-state index contributed by atoms with van der Waals surface area (Å²) in [7, 11) is 0. The van der Waals surface area contributed by atoms with Crippen molar-refractivity contribution in [2.75, 3.05) is 31.1 Å². The van der Waals surface area contributed by atoms with Crippen LogP contribution in [0.2, 0.25) is 0 Å². The Kier molecular flexibility index (Phi) is 6.42. The van der Waals surface area contributed by atoms with Crippen LogP contribution in [0.1, 0.15) is 31.4 Å². The smallest absolute Gasteiger partial charge is 0.542 e. The van der Waals surface area contributed by atoms with E-state index in [9.17, 15) is 14.7 Å². The number of piperazine rings is 1. The number of rotatable bonds is 2. The van der Waals surface area contributed by atoms with Gasteiger partial charge in [-0.3, -0.25) is 0 Å². The van der Waals surface area contributed by atoms with Crippen molar-refractivity contribution in [1.82, 2.24) is 14.9 Å². The average molecular weight is 314 g/mol. The number of carboxylic acid groups (broad SMARTS) is 1. The number of hydrogen-bond acceptors (Lipinski definition) is 7. The van der Waals surface area contributed by atoms with E-state index in [1.54, 1.807) is 4.90 Å². The Labute approximate surface area is 147 Å². The summed E-state index contributed by atoms with van der Waals surface area (Å²) in [5.41, 5.74) is 0.205. The molecule has 1 amide bonds. The van der Waals surface area contributed by atoms with Gasteiger partial charge in [-0.1, -0.05) is 0 Å². The van der Waals surface area contributed by atoms with E-state index >= 15 is 0 Å². The largest absolute Gasteiger partial charge is 1.00 e. The summed E-state index contributed by atoms with van der Waals surface area (Å²) >= 11 is 0. The fourth-order valence-corrected chi connectivity index (χ4v) is 2.06. The summed E-state index contributed by atoms with van der Waals surface area (Å²) in [4.78, 5) is 33.7. The van der Waals surface area contributed by atoms with Gasteiger partial charge in [0.05, 0.1) is 18.1 Å². The molecule has 0 radical (unpaired) electrons. The summed E-state index contributed by atoms with van der Waals surface area (Å²) in [6.45, 7) is 7.75. The van der Waals surface area contributed by atoms with Crippen molar-refractivity contribution in [3.63, 3.8) is 0 Å². The van der Waals surface area contributed by atoms with Gasteiger partial charge in [-0.2, -0.15) is 0 Å². The van der Waals surface area contributed by atoms with Gasteiger partial charge >= 0.3 is 25.0 Å². The van der Waals surface area contributed by atoms with Gasteiger partial charge in [0, 0.05) is 26.2 Å². The van der Waals surface area contributed by atoms with Crippen LogP contribution in [0.3, 0.4) is 0 Å². The molecule has 1 fully saturated rings. The van der Waals surface area contributed by atoms with Crippen LogP contribution >= 0.6 is 0 Å². The molecule has 2 rings (SSSR count). The molecule has 0 saturated carbocycles. The minimum absolute atomic E-state index is 0. The standard InChI is InChI=1S/C14H20N4O4.Li/c1-14(2,3)22-13(21)18-6-4-17(5-7-18)10-8-15-11(12(19)20)16-9-10;/h8-9H,4-7H2,1-3H3,(H,19,20);/q;+1/p-1. The first-order valence-electron chi connectivity index (χ1n) is 7.02. The van der Waals surface area contributed by atoms with Crippen LogP contribution < -0.4 is 28.9 Å². The number of nitrogens with zero attached hydrogens (tertiary/aromatic N) is 4. The van der Waals surface area contributed by atoms with Crippen LogP contribution in [0.25, 0.3) is 0 Å². The number of carboxylic acids is 1. The number of amides is 1. The predicted octanol–water partition coefficient (Wildman–Crippen LogP) is -3.10. The Morgan fingerprint density at radius 3 is 2.09 bits per heavy atom. The van der Waals surface area contributed by atoms with E-state index in [1.807, 2.05) is 25.7 Å². The quantitative estimate of drug-likeness (QED) is 0.533. The zero-order valence-electron chi connectivity index (χ0n) is 13.9. The molecule has 1 saturated heterocycles. The van der Waals surface area contributed by atoms with Crippen molar-refractivity contribution in [2.24, 2.45) is 0 Å². The zero-order chi connectivity index (χ0) is 16.3. The maximum absolute atomic E-state index is 12.0. The second-order valence-corrected chi connectivity index (χ2v) is 6.01. The molecule has 1 aliphatic heterocycles. The Hall–Kier alpha value is -1.78. The van der Waals surface area contributed by atoms with Gasteiger partial charge in [0.1, 0.15) is 11.6 Å². The molecule has 23 heavy (non-hydrogen) atoms. The van der Waals surface area contributed by atoms with Crippen molar-refractivity contribution in [3.8, 4) is 0 Å². The van der Waals surface area contributed by atoms with Gasteiger partial charge in [-0.15, -0.1) is 0 Å². The van der Waals surface area contributed by atoms with Crippen LogP contribution in [0.5, 0.6) is 0 Å². The second kappa shape index (κ2) is 7.66. The van der Waals surface area contributed by atoms with Gasteiger partial charge in [0.25, 0.3) is 0 Å². The molecule has 0 aliphatic carbocycles. The van der Waals surface area contributed by atoms with Crippen LogP contribution in [0, 0.1) is 0 Å². The summed E-state index contributed by atoms with van der Waals surface area (Å²) in [6.07, 6.45) is 2.57. The maximum atomic E-state index is 12.0. The molecular weight excluding hydrogens is 295 g/mol. The summed E-state index contributed by atoms with van der Waals surface area (Å²) < 4.78 is 5.33. The maximum Gasteiger partial charge on any atom is 1.00 e. The van der Waals surface area contributed by atoms with Crippen LogP contribution in [0.15, 0.2) is 12.4 Å². The molecule has 120 valence electrons. The normalized spacial score (nSPS) is 14.9. The van der Waals surface area contributed by atoms with E-state index in [0.29, 0.717) is 31.9 Å². The van der Waals surface area contributed by atoms with Gasteiger partial charge in [-0.25, -0.2) is 14.8 Å². The Bertz CT molecular complexity index is 551. The third kappa shape index (κ3) is 5.41. The van der Waals surface area contributed by atoms with E-state index in [4.69, 9.17) is 4.74 Å². The Balaban J connectivity index is 0.00000264. The molecular formula is C14H19LiN4O4. The van der Waals surface area contributed by atoms with Crippen LogP contribution in [-0.2, 0) is 4.74 Å². The molecule has 0 unspecified atom stereocenters. The molecule has 1 aromatic rings. The molecule has 8 nitrogen and oxygen atoms in total. The van der Waals surface area contributed by atoms with E-state index in [-0.39, 0.29) is 30.8 Å². The zero-order valence-corrected chi connectivity index (χ0v) is 13.9. The van der Waals surface area contributed by atoms with Gasteiger partial charge in [-0.05, 0) is 20.8 Å². The summed E-state index contributed by atoms with van der Waals surface area (Å²) in [5.74, 6) is -1.74. The number of anilines is 1. The number of aromatic nitrogens is 2. The Morgan fingerprint density at radius 1 is 1.13 bits per heavy atom. The molecule has 9 heteroatoms. The number of carbonyl (C=O) groups excluding carboxylic acids is 2. The number of ether oxygens (including phenoxy) is 1. The second-order valence-electron chi connectivity index (χ2n) is 6.01. The Morgan fingerprint density at radius 2 is 1.65 bits per heavy atom. The van der Waals surface area contributed by atoms with Gasteiger partial charge in [0.2, 0.25) is 0 Å². The van der Waals surface area contributed by atoms with E-state index in [2.05, 4.69) is 9.97 Å².